The smallest absolute Gasteiger partial charge is 0.416 e. The number of hydrogen-bond acceptors (Lipinski definition) is 8. The molecule has 9 nitrogen and oxygen atoms in total. The van der Waals surface area contributed by atoms with Crippen molar-refractivity contribution < 1.29 is 27.1 Å². The second kappa shape index (κ2) is 12.0. The number of amides is 1. The van der Waals surface area contributed by atoms with E-state index in [1.807, 2.05) is 18.2 Å². The van der Waals surface area contributed by atoms with Crippen LogP contribution in [0.3, 0.4) is 0 Å². The fourth-order valence-corrected chi connectivity index (χ4v) is 4.85. The van der Waals surface area contributed by atoms with Gasteiger partial charge in [-0.2, -0.15) is 13.2 Å². The standard InChI is InChI=1S/C26H25F3N6O3S/c27-26(28,29)19-7-4-8-20(15-19)35-23(18-5-2-1-3-6-18)32-33-25(35)39-17-22-31-21(16-38-22)24(36)30-9-10-34-11-13-37-14-12-34/h1-8,15-16H,9-14,17H2,(H,30,36). The number of oxazole rings is 1. The molecular weight excluding hydrogens is 533 g/mol. The minimum atomic E-state index is -4.50. The van der Waals surface area contributed by atoms with E-state index >= 15 is 0 Å². The summed E-state index contributed by atoms with van der Waals surface area (Å²) in [6, 6.07) is 14.1. The molecule has 0 unspecified atom stereocenters. The van der Waals surface area contributed by atoms with E-state index in [1.54, 1.807) is 22.8 Å². The van der Waals surface area contributed by atoms with E-state index in [9.17, 15) is 18.0 Å². The van der Waals surface area contributed by atoms with Gasteiger partial charge in [-0.25, -0.2) is 4.98 Å². The first kappa shape index (κ1) is 26.9. The van der Waals surface area contributed by atoms with Crippen molar-refractivity contribution in [1.29, 1.82) is 0 Å². The van der Waals surface area contributed by atoms with Crippen molar-refractivity contribution in [3.8, 4) is 17.1 Å². The zero-order valence-electron chi connectivity index (χ0n) is 20.7. The summed E-state index contributed by atoms with van der Waals surface area (Å²) in [6.45, 7) is 4.22. The van der Waals surface area contributed by atoms with Gasteiger partial charge in [-0.1, -0.05) is 48.2 Å². The fourth-order valence-electron chi connectivity index (χ4n) is 4.04. The molecule has 2 aromatic heterocycles. The molecule has 0 bridgehead atoms. The highest BCUT2D eigenvalue weighted by Crippen LogP contribution is 2.34. The number of thioether (sulfide) groups is 1. The Kier molecular flexibility index (Phi) is 8.29. The molecule has 39 heavy (non-hydrogen) atoms. The molecule has 13 heteroatoms. The molecule has 1 aliphatic heterocycles. The quantitative estimate of drug-likeness (QED) is 0.304. The van der Waals surface area contributed by atoms with Gasteiger partial charge in [0.25, 0.3) is 5.91 Å². The molecule has 1 N–H and O–H groups in total. The van der Waals surface area contributed by atoms with Crippen LogP contribution < -0.4 is 5.32 Å². The van der Waals surface area contributed by atoms with Gasteiger partial charge in [0.15, 0.2) is 16.7 Å². The SMILES string of the molecule is O=C(NCCN1CCOCC1)c1coc(CSc2nnc(-c3ccccc3)n2-c2cccc(C(F)(F)F)c2)n1. The van der Waals surface area contributed by atoms with Crippen LogP contribution in [0.4, 0.5) is 13.2 Å². The number of ether oxygens (including phenoxy) is 1. The van der Waals surface area contributed by atoms with Gasteiger partial charge in [0, 0.05) is 31.7 Å². The summed E-state index contributed by atoms with van der Waals surface area (Å²) in [5.74, 6) is 0.512. The monoisotopic (exact) mass is 558 g/mol. The summed E-state index contributed by atoms with van der Waals surface area (Å²) in [5, 5.41) is 11.7. The minimum Gasteiger partial charge on any atom is -0.447 e. The van der Waals surface area contributed by atoms with Crippen molar-refractivity contribution in [2.45, 2.75) is 17.1 Å². The van der Waals surface area contributed by atoms with Crippen LogP contribution in [0.5, 0.6) is 0 Å². The number of aromatic nitrogens is 4. The minimum absolute atomic E-state index is 0.150. The van der Waals surface area contributed by atoms with Crippen molar-refractivity contribution in [2.24, 2.45) is 0 Å². The van der Waals surface area contributed by atoms with E-state index in [1.165, 1.54) is 24.1 Å². The second-order valence-electron chi connectivity index (χ2n) is 8.68. The molecule has 0 radical (unpaired) electrons. The highest BCUT2D eigenvalue weighted by Gasteiger charge is 2.31. The van der Waals surface area contributed by atoms with E-state index in [4.69, 9.17) is 9.15 Å². The number of carbonyl (C=O) groups excluding carboxylic acids is 1. The van der Waals surface area contributed by atoms with Crippen LogP contribution in [0.2, 0.25) is 0 Å². The fraction of sp³-hybridized carbons (Fsp3) is 0.308. The maximum atomic E-state index is 13.4. The third-order valence-corrected chi connectivity index (χ3v) is 6.94. The van der Waals surface area contributed by atoms with E-state index in [0.717, 1.165) is 25.2 Å². The Morgan fingerprint density at radius 2 is 1.85 bits per heavy atom. The molecule has 4 aromatic rings. The van der Waals surface area contributed by atoms with Crippen molar-refractivity contribution in [3.63, 3.8) is 0 Å². The van der Waals surface area contributed by atoms with E-state index in [2.05, 4.69) is 25.4 Å². The lowest BCUT2D eigenvalue weighted by Gasteiger charge is -2.26. The third kappa shape index (κ3) is 6.67. The van der Waals surface area contributed by atoms with Crippen molar-refractivity contribution in [1.82, 2.24) is 30.0 Å². The van der Waals surface area contributed by atoms with E-state index < -0.39 is 11.7 Å². The van der Waals surface area contributed by atoms with Crippen LogP contribution >= 0.6 is 11.8 Å². The van der Waals surface area contributed by atoms with Gasteiger partial charge in [0.1, 0.15) is 6.26 Å². The predicted molar refractivity (Wildman–Crippen MR) is 137 cm³/mol. The Balaban J connectivity index is 1.30. The molecule has 1 saturated heterocycles. The second-order valence-corrected chi connectivity index (χ2v) is 9.62. The summed E-state index contributed by atoms with van der Waals surface area (Å²) in [4.78, 5) is 19.0. The Bertz CT molecular complexity index is 1400. The molecular formula is C26H25F3N6O3S. The van der Waals surface area contributed by atoms with Gasteiger partial charge < -0.3 is 14.5 Å². The van der Waals surface area contributed by atoms with Crippen LogP contribution in [0.1, 0.15) is 21.9 Å². The summed E-state index contributed by atoms with van der Waals surface area (Å²) in [5.41, 5.74) is 0.336. The first-order valence-corrected chi connectivity index (χ1v) is 13.2. The van der Waals surface area contributed by atoms with Gasteiger partial charge in [-0.15, -0.1) is 10.2 Å². The summed E-state index contributed by atoms with van der Waals surface area (Å²) >= 11 is 1.19. The Labute approximate surface area is 226 Å². The van der Waals surface area contributed by atoms with Crippen LogP contribution in [-0.2, 0) is 16.7 Å². The number of morpholine rings is 1. The van der Waals surface area contributed by atoms with Gasteiger partial charge in [0.2, 0.25) is 5.89 Å². The number of halogens is 3. The number of nitrogens with one attached hydrogen (secondary N) is 1. The summed E-state index contributed by atoms with van der Waals surface area (Å²) in [7, 11) is 0. The van der Waals surface area contributed by atoms with Gasteiger partial charge in [-0.05, 0) is 18.2 Å². The van der Waals surface area contributed by atoms with Crippen LogP contribution in [0, 0.1) is 0 Å². The summed E-state index contributed by atoms with van der Waals surface area (Å²) in [6.07, 6.45) is -3.21. The largest absolute Gasteiger partial charge is 0.447 e. The van der Waals surface area contributed by atoms with E-state index in [0.29, 0.717) is 42.8 Å². The number of alkyl halides is 3. The molecule has 0 atom stereocenters. The zero-order chi connectivity index (χ0) is 27.2. The maximum Gasteiger partial charge on any atom is 0.416 e. The summed E-state index contributed by atoms with van der Waals surface area (Å²) < 4.78 is 52.7. The topological polar surface area (TPSA) is 98.3 Å². The van der Waals surface area contributed by atoms with Gasteiger partial charge in [-0.3, -0.25) is 14.3 Å². The average Bonchev–Trinajstić information content (AvgIpc) is 3.60. The molecule has 2 aromatic carbocycles. The normalized spacial score (nSPS) is 14.4. The molecule has 1 fully saturated rings. The predicted octanol–water partition coefficient (Wildman–Crippen LogP) is 4.30. The molecule has 1 amide bonds. The van der Waals surface area contributed by atoms with Crippen LogP contribution in [-0.4, -0.2) is 69.9 Å². The Morgan fingerprint density at radius 3 is 2.62 bits per heavy atom. The first-order valence-electron chi connectivity index (χ1n) is 12.2. The molecule has 5 rings (SSSR count). The zero-order valence-corrected chi connectivity index (χ0v) is 21.5. The Hall–Kier alpha value is -3.68. The van der Waals surface area contributed by atoms with Gasteiger partial charge >= 0.3 is 6.18 Å². The molecule has 3 heterocycles. The lowest BCUT2D eigenvalue weighted by Crippen LogP contribution is -2.41. The van der Waals surface area contributed by atoms with Crippen LogP contribution in [0.25, 0.3) is 17.1 Å². The number of hydrogen-bond donors (Lipinski definition) is 1. The molecule has 0 spiro atoms. The molecule has 0 saturated carbocycles. The van der Waals surface area contributed by atoms with Crippen molar-refractivity contribution >= 4 is 17.7 Å². The number of nitrogens with zero attached hydrogens (tertiary/aromatic N) is 5. The Morgan fingerprint density at radius 1 is 1.05 bits per heavy atom. The first-order chi connectivity index (χ1) is 18.9. The highest BCUT2D eigenvalue weighted by atomic mass is 32.2. The number of benzene rings is 2. The number of carbonyl (C=O) groups is 1. The average molecular weight is 559 g/mol. The van der Waals surface area contributed by atoms with Crippen molar-refractivity contribution in [2.75, 3.05) is 39.4 Å². The third-order valence-electron chi connectivity index (χ3n) is 6.02. The highest BCUT2D eigenvalue weighted by molar-refractivity contribution is 7.98. The number of rotatable bonds is 9. The van der Waals surface area contributed by atoms with Crippen LogP contribution in [0.15, 0.2) is 70.4 Å². The molecule has 1 aliphatic rings. The lowest BCUT2D eigenvalue weighted by molar-refractivity contribution is -0.137. The van der Waals surface area contributed by atoms with Crippen molar-refractivity contribution in [3.05, 3.63) is 78.0 Å². The molecule has 204 valence electrons. The van der Waals surface area contributed by atoms with E-state index in [-0.39, 0.29) is 28.9 Å². The molecule has 0 aliphatic carbocycles. The maximum absolute atomic E-state index is 13.4. The lowest BCUT2D eigenvalue weighted by atomic mass is 10.1. The van der Waals surface area contributed by atoms with Gasteiger partial charge in [0.05, 0.1) is 30.2 Å².